The molecule has 1 aromatic carbocycles. The average molecular weight is 286 g/mol. The van der Waals surface area contributed by atoms with Gasteiger partial charge in [0.2, 0.25) is 0 Å². The van der Waals surface area contributed by atoms with Gasteiger partial charge in [0.05, 0.1) is 6.54 Å². The van der Waals surface area contributed by atoms with E-state index in [4.69, 9.17) is 0 Å². The van der Waals surface area contributed by atoms with Crippen molar-refractivity contribution < 1.29 is 4.79 Å². The number of amides is 1. The molecule has 0 saturated carbocycles. The van der Waals surface area contributed by atoms with Gasteiger partial charge < -0.3 is 10.2 Å². The first kappa shape index (κ1) is 15.3. The molecule has 0 fully saturated rings. The third-order valence-corrected chi connectivity index (χ3v) is 3.28. The van der Waals surface area contributed by atoms with Gasteiger partial charge in [-0.1, -0.05) is 18.2 Å². The quantitative estimate of drug-likeness (QED) is 0.837. The Kier molecular flexibility index (Phi) is 5.51. The van der Waals surface area contributed by atoms with Gasteiger partial charge in [-0.25, -0.2) is 0 Å². The van der Waals surface area contributed by atoms with Gasteiger partial charge in [0, 0.05) is 31.0 Å². The first-order valence-corrected chi connectivity index (χ1v) is 7.15. The number of likely N-dealkylation sites (N-methyl/N-ethyl adjacent to an activating group) is 1. The third kappa shape index (κ3) is 4.72. The highest BCUT2D eigenvalue weighted by Gasteiger charge is 2.10. The summed E-state index contributed by atoms with van der Waals surface area (Å²) < 4.78 is 1.80. The summed E-state index contributed by atoms with van der Waals surface area (Å²) in [6.45, 7) is 2.18. The first-order chi connectivity index (χ1) is 10.2. The van der Waals surface area contributed by atoms with Crippen LogP contribution in [-0.4, -0.2) is 47.8 Å². The fraction of sp³-hybridized carbons (Fsp3) is 0.375. The van der Waals surface area contributed by atoms with E-state index in [0.717, 1.165) is 24.1 Å². The summed E-state index contributed by atoms with van der Waals surface area (Å²) in [5, 5.41) is 7.06. The van der Waals surface area contributed by atoms with Crippen molar-refractivity contribution in [2.45, 2.75) is 13.0 Å². The van der Waals surface area contributed by atoms with Crippen molar-refractivity contribution in [3.05, 3.63) is 53.9 Å². The van der Waals surface area contributed by atoms with Gasteiger partial charge >= 0.3 is 0 Å². The molecule has 1 amide bonds. The zero-order chi connectivity index (χ0) is 15.1. The van der Waals surface area contributed by atoms with Crippen LogP contribution in [0, 0.1) is 0 Å². The molecule has 0 radical (unpaired) electrons. The molecule has 2 aromatic rings. The van der Waals surface area contributed by atoms with Crippen molar-refractivity contribution in [3.63, 3.8) is 0 Å². The van der Waals surface area contributed by atoms with E-state index in [2.05, 4.69) is 15.3 Å². The van der Waals surface area contributed by atoms with Crippen LogP contribution < -0.4 is 5.32 Å². The first-order valence-electron chi connectivity index (χ1n) is 7.15. The van der Waals surface area contributed by atoms with E-state index in [1.165, 1.54) is 0 Å². The molecule has 112 valence electrons. The molecular formula is C16H22N4O. The van der Waals surface area contributed by atoms with Crippen LogP contribution in [0.4, 0.5) is 0 Å². The number of hydrogen-bond acceptors (Lipinski definition) is 3. The van der Waals surface area contributed by atoms with Crippen LogP contribution in [0.2, 0.25) is 0 Å². The van der Waals surface area contributed by atoms with Gasteiger partial charge in [-0.15, -0.1) is 0 Å². The highest BCUT2D eigenvalue weighted by atomic mass is 16.1. The van der Waals surface area contributed by atoms with Crippen molar-refractivity contribution in [2.75, 3.05) is 27.2 Å². The zero-order valence-electron chi connectivity index (χ0n) is 12.6. The van der Waals surface area contributed by atoms with Crippen molar-refractivity contribution in [1.29, 1.82) is 0 Å². The maximum absolute atomic E-state index is 12.3. The van der Waals surface area contributed by atoms with Crippen LogP contribution in [0.3, 0.4) is 0 Å². The highest BCUT2D eigenvalue weighted by molar-refractivity contribution is 5.95. The Morgan fingerprint density at radius 3 is 2.81 bits per heavy atom. The minimum Gasteiger partial charge on any atom is -0.350 e. The summed E-state index contributed by atoms with van der Waals surface area (Å²) in [6, 6.07) is 9.66. The smallest absolute Gasteiger partial charge is 0.251 e. The van der Waals surface area contributed by atoms with E-state index in [-0.39, 0.29) is 5.91 Å². The molecule has 0 aliphatic carbocycles. The normalized spacial score (nSPS) is 10.8. The van der Waals surface area contributed by atoms with Crippen molar-refractivity contribution in [2.24, 2.45) is 0 Å². The topological polar surface area (TPSA) is 50.2 Å². The second-order valence-corrected chi connectivity index (χ2v) is 5.24. The van der Waals surface area contributed by atoms with Gasteiger partial charge in [-0.3, -0.25) is 9.48 Å². The summed E-state index contributed by atoms with van der Waals surface area (Å²) in [4.78, 5) is 14.4. The fourth-order valence-electron chi connectivity index (χ4n) is 2.12. The Morgan fingerprint density at radius 1 is 1.29 bits per heavy atom. The maximum Gasteiger partial charge on any atom is 0.251 e. The van der Waals surface area contributed by atoms with E-state index < -0.39 is 0 Å². The molecule has 2 rings (SSSR count). The molecule has 21 heavy (non-hydrogen) atoms. The summed E-state index contributed by atoms with van der Waals surface area (Å²) in [6.07, 6.45) is 4.49. The molecule has 0 saturated heterocycles. The van der Waals surface area contributed by atoms with Crippen LogP contribution >= 0.6 is 0 Å². The second kappa shape index (κ2) is 7.59. The molecule has 1 N–H and O–H groups in total. The van der Waals surface area contributed by atoms with Crippen LogP contribution in [0.1, 0.15) is 15.9 Å². The minimum atomic E-state index is -0.0171. The summed E-state index contributed by atoms with van der Waals surface area (Å²) in [5.74, 6) is -0.0171. The average Bonchev–Trinajstić information content (AvgIpc) is 2.98. The lowest BCUT2D eigenvalue weighted by atomic mass is 10.0. The Labute approximate surface area is 125 Å². The predicted octanol–water partition coefficient (Wildman–Crippen LogP) is 1.42. The molecule has 5 heteroatoms. The molecular weight excluding hydrogens is 264 g/mol. The number of carbonyl (C=O) groups is 1. The Hall–Kier alpha value is -2.14. The monoisotopic (exact) mass is 286 g/mol. The van der Waals surface area contributed by atoms with E-state index in [1.807, 2.05) is 50.6 Å². The number of carbonyl (C=O) groups excluding carboxylic acids is 1. The SMILES string of the molecule is CN(C)CCc1ccccc1C(=O)NCCn1cccn1. The lowest BCUT2D eigenvalue weighted by Crippen LogP contribution is -2.28. The Bertz CT molecular complexity index is 563. The van der Waals surface area contributed by atoms with Crippen LogP contribution in [-0.2, 0) is 13.0 Å². The molecule has 0 unspecified atom stereocenters. The van der Waals surface area contributed by atoms with Crippen molar-refractivity contribution >= 4 is 5.91 Å². The van der Waals surface area contributed by atoms with Crippen molar-refractivity contribution in [1.82, 2.24) is 20.0 Å². The predicted molar refractivity (Wildman–Crippen MR) is 83.3 cm³/mol. The van der Waals surface area contributed by atoms with Crippen LogP contribution in [0.15, 0.2) is 42.7 Å². The molecule has 0 bridgehead atoms. The molecule has 0 spiro atoms. The van der Waals surface area contributed by atoms with E-state index in [9.17, 15) is 4.79 Å². The van der Waals surface area contributed by atoms with Crippen molar-refractivity contribution in [3.8, 4) is 0 Å². The number of benzene rings is 1. The number of rotatable bonds is 7. The number of hydrogen-bond donors (Lipinski definition) is 1. The number of nitrogens with zero attached hydrogens (tertiary/aromatic N) is 3. The van der Waals surface area contributed by atoms with Crippen LogP contribution in [0.25, 0.3) is 0 Å². The molecule has 0 aliphatic heterocycles. The number of aromatic nitrogens is 2. The third-order valence-electron chi connectivity index (χ3n) is 3.28. The van der Waals surface area contributed by atoms with Gasteiger partial charge in [0.25, 0.3) is 5.91 Å². The second-order valence-electron chi connectivity index (χ2n) is 5.24. The van der Waals surface area contributed by atoms with Gasteiger partial charge in [-0.05, 0) is 38.2 Å². The minimum absolute atomic E-state index is 0.0171. The maximum atomic E-state index is 12.3. The van der Waals surface area contributed by atoms with Gasteiger partial charge in [0.15, 0.2) is 0 Å². The molecule has 0 atom stereocenters. The van der Waals surface area contributed by atoms with E-state index >= 15 is 0 Å². The summed E-state index contributed by atoms with van der Waals surface area (Å²) in [5.41, 5.74) is 1.85. The van der Waals surface area contributed by atoms with Crippen LogP contribution in [0.5, 0.6) is 0 Å². The highest BCUT2D eigenvalue weighted by Crippen LogP contribution is 2.09. The lowest BCUT2D eigenvalue weighted by molar-refractivity contribution is 0.0951. The number of nitrogens with one attached hydrogen (secondary N) is 1. The molecule has 1 aromatic heterocycles. The summed E-state index contributed by atoms with van der Waals surface area (Å²) in [7, 11) is 4.07. The van der Waals surface area contributed by atoms with E-state index in [0.29, 0.717) is 13.1 Å². The van der Waals surface area contributed by atoms with Gasteiger partial charge in [0.1, 0.15) is 0 Å². The molecule has 0 aliphatic rings. The summed E-state index contributed by atoms with van der Waals surface area (Å²) >= 11 is 0. The lowest BCUT2D eigenvalue weighted by Gasteiger charge is -2.13. The largest absolute Gasteiger partial charge is 0.350 e. The van der Waals surface area contributed by atoms with E-state index in [1.54, 1.807) is 10.9 Å². The zero-order valence-corrected chi connectivity index (χ0v) is 12.6. The van der Waals surface area contributed by atoms with Gasteiger partial charge in [-0.2, -0.15) is 5.10 Å². The molecule has 1 heterocycles. The fourth-order valence-corrected chi connectivity index (χ4v) is 2.12. The molecule has 5 nitrogen and oxygen atoms in total. The Morgan fingerprint density at radius 2 is 2.10 bits per heavy atom. The Balaban J connectivity index is 1.91. The standard InChI is InChI=1S/C16H22N4O/c1-19(2)12-8-14-6-3-4-7-15(14)16(21)17-10-13-20-11-5-9-18-20/h3-7,9,11H,8,10,12-13H2,1-2H3,(H,17,21).